The van der Waals surface area contributed by atoms with E-state index in [1.165, 1.54) is 0 Å². The van der Waals surface area contributed by atoms with Crippen LogP contribution in [0.1, 0.15) is 33.6 Å². The molecule has 4 nitrogen and oxygen atoms in total. The number of esters is 1. The number of aliphatic hydroxyl groups excluding tert-OH is 1. The summed E-state index contributed by atoms with van der Waals surface area (Å²) >= 11 is 0. The third kappa shape index (κ3) is 1.69. The molecule has 0 spiro atoms. The minimum absolute atomic E-state index is 0.124. The summed E-state index contributed by atoms with van der Waals surface area (Å²) < 4.78 is 5.42. The summed E-state index contributed by atoms with van der Waals surface area (Å²) in [6.45, 7) is 5.70. The third-order valence-electron chi connectivity index (χ3n) is 5.28. The zero-order chi connectivity index (χ0) is 13.9. The number of allylic oxidation sites excluding steroid dienone is 1. The lowest BCUT2D eigenvalue weighted by molar-refractivity contribution is -0.144. The SMILES string of the molecule is CC1=C2[C@@H](CC1=O)[C@H](C)C[C@@H]1OC(=O)[C@@H](C)[C@@H]1[C@H]2O. The van der Waals surface area contributed by atoms with Gasteiger partial charge >= 0.3 is 5.97 Å². The van der Waals surface area contributed by atoms with Gasteiger partial charge in [-0.1, -0.05) is 13.8 Å². The Balaban J connectivity index is 2.05. The van der Waals surface area contributed by atoms with Crippen LogP contribution in [0.5, 0.6) is 0 Å². The molecule has 1 heterocycles. The zero-order valence-corrected chi connectivity index (χ0v) is 11.6. The summed E-state index contributed by atoms with van der Waals surface area (Å²) in [6.07, 6.45) is 0.328. The van der Waals surface area contributed by atoms with Crippen molar-refractivity contribution in [1.82, 2.24) is 0 Å². The fourth-order valence-electron chi connectivity index (χ4n) is 4.08. The lowest BCUT2D eigenvalue weighted by Crippen LogP contribution is -2.32. The Morgan fingerprint density at radius 2 is 1.95 bits per heavy atom. The first-order valence-corrected chi connectivity index (χ1v) is 7.04. The molecule has 1 saturated carbocycles. The van der Waals surface area contributed by atoms with Gasteiger partial charge in [0.25, 0.3) is 0 Å². The predicted molar refractivity (Wildman–Crippen MR) is 68.1 cm³/mol. The second kappa shape index (κ2) is 4.17. The molecule has 3 aliphatic rings. The van der Waals surface area contributed by atoms with Crippen molar-refractivity contribution in [3.8, 4) is 0 Å². The van der Waals surface area contributed by atoms with E-state index in [9.17, 15) is 14.7 Å². The first-order chi connectivity index (χ1) is 8.91. The lowest BCUT2D eigenvalue weighted by Gasteiger charge is -2.24. The van der Waals surface area contributed by atoms with Crippen molar-refractivity contribution in [3.63, 3.8) is 0 Å². The number of ketones is 1. The largest absolute Gasteiger partial charge is 0.462 e. The van der Waals surface area contributed by atoms with Crippen LogP contribution in [0.3, 0.4) is 0 Å². The third-order valence-corrected chi connectivity index (χ3v) is 5.28. The van der Waals surface area contributed by atoms with E-state index in [-0.39, 0.29) is 41.5 Å². The van der Waals surface area contributed by atoms with E-state index in [0.29, 0.717) is 12.0 Å². The molecule has 0 radical (unpaired) electrons. The highest BCUT2D eigenvalue weighted by molar-refractivity contribution is 5.99. The molecule has 6 atom stereocenters. The summed E-state index contributed by atoms with van der Waals surface area (Å²) in [7, 11) is 0. The number of rotatable bonds is 0. The molecule has 2 aliphatic carbocycles. The Labute approximate surface area is 112 Å². The van der Waals surface area contributed by atoms with Crippen LogP contribution in [0.15, 0.2) is 11.1 Å². The van der Waals surface area contributed by atoms with Gasteiger partial charge in [-0.25, -0.2) is 0 Å². The lowest BCUT2D eigenvalue weighted by atomic mass is 9.82. The maximum atomic E-state index is 11.9. The first-order valence-electron chi connectivity index (χ1n) is 7.04. The number of fused-ring (bicyclic) bond motifs is 2. The first kappa shape index (κ1) is 12.9. The second-order valence-corrected chi connectivity index (χ2v) is 6.31. The van der Waals surface area contributed by atoms with Crippen molar-refractivity contribution in [2.75, 3.05) is 0 Å². The molecular formula is C15H20O4. The molecule has 0 bridgehead atoms. The molecule has 3 rings (SSSR count). The number of aliphatic hydroxyl groups is 1. The molecule has 0 amide bonds. The molecule has 1 N–H and O–H groups in total. The van der Waals surface area contributed by atoms with Gasteiger partial charge in [0.2, 0.25) is 0 Å². The monoisotopic (exact) mass is 264 g/mol. The Morgan fingerprint density at radius 3 is 2.63 bits per heavy atom. The fraction of sp³-hybridized carbons (Fsp3) is 0.733. The molecule has 4 heteroatoms. The highest BCUT2D eigenvalue weighted by atomic mass is 16.6. The average Bonchev–Trinajstić information content (AvgIpc) is 2.75. The fourth-order valence-corrected chi connectivity index (χ4v) is 4.08. The van der Waals surface area contributed by atoms with Crippen LogP contribution in [0.25, 0.3) is 0 Å². The number of hydrogen-bond donors (Lipinski definition) is 1. The van der Waals surface area contributed by atoms with E-state index in [0.717, 1.165) is 12.0 Å². The van der Waals surface area contributed by atoms with Crippen LogP contribution >= 0.6 is 0 Å². The van der Waals surface area contributed by atoms with E-state index >= 15 is 0 Å². The van der Waals surface area contributed by atoms with Gasteiger partial charge in [-0.3, -0.25) is 9.59 Å². The van der Waals surface area contributed by atoms with Gasteiger partial charge in [0.1, 0.15) is 6.10 Å². The summed E-state index contributed by atoms with van der Waals surface area (Å²) in [5.74, 6) is -0.180. The van der Waals surface area contributed by atoms with Gasteiger partial charge in [0, 0.05) is 12.3 Å². The van der Waals surface area contributed by atoms with E-state index in [2.05, 4.69) is 6.92 Å². The van der Waals surface area contributed by atoms with Gasteiger partial charge in [0.05, 0.1) is 12.0 Å². The maximum Gasteiger partial charge on any atom is 0.309 e. The maximum absolute atomic E-state index is 11.9. The summed E-state index contributed by atoms with van der Waals surface area (Å²) in [6, 6.07) is 0. The van der Waals surface area contributed by atoms with Crippen LogP contribution in [0.4, 0.5) is 0 Å². The quantitative estimate of drug-likeness (QED) is 0.673. The molecule has 0 unspecified atom stereocenters. The zero-order valence-electron chi connectivity index (χ0n) is 11.6. The van der Waals surface area contributed by atoms with Gasteiger partial charge < -0.3 is 9.84 Å². The normalized spacial score (nSPS) is 45.9. The second-order valence-electron chi connectivity index (χ2n) is 6.31. The van der Waals surface area contributed by atoms with Gasteiger partial charge in [-0.05, 0) is 36.3 Å². The summed E-state index contributed by atoms with van der Waals surface area (Å²) in [5, 5.41) is 10.7. The molecule has 0 aromatic carbocycles. The Hall–Kier alpha value is -1.16. The Kier molecular flexibility index (Phi) is 2.82. The van der Waals surface area contributed by atoms with Crippen molar-refractivity contribution >= 4 is 11.8 Å². The molecule has 2 fully saturated rings. The number of carbonyl (C=O) groups excluding carboxylic acids is 2. The van der Waals surface area contributed by atoms with Crippen molar-refractivity contribution in [2.24, 2.45) is 23.7 Å². The van der Waals surface area contributed by atoms with Crippen LogP contribution < -0.4 is 0 Å². The average molecular weight is 264 g/mol. The predicted octanol–water partition coefficient (Wildman–Crippen LogP) is 1.47. The molecule has 0 aromatic rings. The highest BCUT2D eigenvalue weighted by Gasteiger charge is 2.53. The number of Topliss-reactive ketones (excluding diaryl/α,β-unsaturated/α-hetero) is 1. The molecule has 1 aliphatic heterocycles. The number of ether oxygens (including phenoxy) is 1. The van der Waals surface area contributed by atoms with E-state index in [4.69, 9.17) is 4.74 Å². The van der Waals surface area contributed by atoms with Crippen molar-refractivity contribution in [3.05, 3.63) is 11.1 Å². The standard InChI is InChI=1S/C15H20O4/c1-6-4-11-13(8(3)15(18)19-11)14(17)12-7(2)10(16)5-9(6)12/h6,8-9,11,13-14,17H,4-5H2,1-3H3/t6-,8+,9+,11+,13+,14+/m1/s1. The van der Waals surface area contributed by atoms with Crippen molar-refractivity contribution in [1.29, 1.82) is 0 Å². The molecule has 1 saturated heterocycles. The van der Waals surface area contributed by atoms with Crippen molar-refractivity contribution < 1.29 is 19.4 Å². The van der Waals surface area contributed by atoms with Crippen LogP contribution in [-0.4, -0.2) is 29.1 Å². The van der Waals surface area contributed by atoms with Gasteiger partial charge in [-0.15, -0.1) is 0 Å². The Bertz CT molecular complexity index is 479. The van der Waals surface area contributed by atoms with Crippen LogP contribution in [0.2, 0.25) is 0 Å². The minimum Gasteiger partial charge on any atom is -0.462 e. The molecular weight excluding hydrogens is 244 g/mol. The Morgan fingerprint density at radius 1 is 1.26 bits per heavy atom. The number of carbonyl (C=O) groups is 2. The summed E-state index contributed by atoms with van der Waals surface area (Å²) in [4.78, 5) is 23.6. The highest BCUT2D eigenvalue weighted by Crippen LogP contribution is 2.48. The van der Waals surface area contributed by atoms with Crippen molar-refractivity contribution in [2.45, 2.75) is 45.8 Å². The topological polar surface area (TPSA) is 63.6 Å². The van der Waals surface area contributed by atoms with E-state index in [1.807, 2.05) is 6.92 Å². The van der Waals surface area contributed by atoms with Crippen LogP contribution in [-0.2, 0) is 14.3 Å². The van der Waals surface area contributed by atoms with Gasteiger partial charge in [-0.2, -0.15) is 0 Å². The molecule has 104 valence electrons. The number of hydrogen-bond acceptors (Lipinski definition) is 4. The van der Waals surface area contributed by atoms with E-state index in [1.54, 1.807) is 6.92 Å². The van der Waals surface area contributed by atoms with E-state index < -0.39 is 6.10 Å². The minimum atomic E-state index is -0.715. The molecule has 19 heavy (non-hydrogen) atoms. The molecule has 0 aromatic heterocycles. The smallest absolute Gasteiger partial charge is 0.309 e. The van der Waals surface area contributed by atoms with Crippen LogP contribution in [0, 0.1) is 23.7 Å². The summed E-state index contributed by atoms with van der Waals surface area (Å²) in [5.41, 5.74) is 1.58. The van der Waals surface area contributed by atoms with Gasteiger partial charge in [0.15, 0.2) is 5.78 Å².